The first-order chi connectivity index (χ1) is 9.99. The normalized spacial score (nSPS) is 12.2. The maximum Gasteiger partial charge on any atom is 0.246 e. The molecule has 1 atom stereocenters. The highest BCUT2D eigenvalue weighted by molar-refractivity contribution is 6.33. The third-order valence-electron chi connectivity index (χ3n) is 2.99. The molecule has 1 unspecified atom stereocenters. The van der Waals surface area contributed by atoms with Crippen LogP contribution in [0.1, 0.15) is 30.7 Å². The van der Waals surface area contributed by atoms with E-state index in [4.69, 9.17) is 11.6 Å². The van der Waals surface area contributed by atoms with Crippen LogP contribution in [0.15, 0.2) is 24.4 Å². The second-order valence-corrected chi connectivity index (χ2v) is 5.20. The van der Waals surface area contributed by atoms with Crippen LogP contribution >= 0.6 is 11.6 Å². The molecule has 0 radical (unpaired) electrons. The predicted octanol–water partition coefficient (Wildman–Crippen LogP) is 2.32. The summed E-state index contributed by atoms with van der Waals surface area (Å²) in [5, 5.41) is 20.5. The molecule has 2 N–H and O–H groups in total. The van der Waals surface area contributed by atoms with Crippen molar-refractivity contribution in [2.75, 3.05) is 5.32 Å². The van der Waals surface area contributed by atoms with Gasteiger partial charge in [-0.1, -0.05) is 29.8 Å². The van der Waals surface area contributed by atoms with Crippen LogP contribution in [0.5, 0.6) is 0 Å². The number of halogens is 1. The first-order valence-electron chi connectivity index (χ1n) is 6.63. The molecule has 0 aliphatic carbocycles. The predicted molar refractivity (Wildman–Crippen MR) is 80.1 cm³/mol. The Morgan fingerprint density at radius 1 is 1.52 bits per heavy atom. The molecule has 2 rings (SSSR count). The minimum Gasteiger partial charge on any atom is -0.387 e. The molecule has 1 aromatic heterocycles. The van der Waals surface area contributed by atoms with E-state index >= 15 is 0 Å². The van der Waals surface area contributed by atoms with Crippen LogP contribution in [-0.2, 0) is 11.3 Å². The van der Waals surface area contributed by atoms with E-state index in [-0.39, 0.29) is 12.5 Å². The lowest BCUT2D eigenvalue weighted by Crippen LogP contribution is -2.19. The molecule has 0 saturated heterocycles. The van der Waals surface area contributed by atoms with Crippen LogP contribution < -0.4 is 5.32 Å². The third kappa shape index (κ3) is 4.03. The van der Waals surface area contributed by atoms with Crippen LogP contribution in [0.3, 0.4) is 0 Å². The van der Waals surface area contributed by atoms with Crippen LogP contribution in [0.2, 0.25) is 5.02 Å². The van der Waals surface area contributed by atoms with Gasteiger partial charge in [-0.25, -0.2) is 4.68 Å². The first kappa shape index (κ1) is 15.5. The van der Waals surface area contributed by atoms with Crippen molar-refractivity contribution in [2.45, 2.75) is 32.9 Å². The molecule has 0 aliphatic rings. The molecule has 7 heteroatoms. The summed E-state index contributed by atoms with van der Waals surface area (Å²) in [7, 11) is 0. The number of hydrogen-bond acceptors (Lipinski definition) is 4. The first-order valence-corrected chi connectivity index (χ1v) is 7.01. The zero-order valence-corrected chi connectivity index (χ0v) is 12.6. The van der Waals surface area contributed by atoms with Crippen LogP contribution in [-0.4, -0.2) is 26.0 Å². The minimum atomic E-state index is -0.659. The van der Waals surface area contributed by atoms with E-state index in [1.165, 1.54) is 4.68 Å². The summed E-state index contributed by atoms with van der Waals surface area (Å²) in [6.45, 7) is 3.77. The van der Waals surface area contributed by atoms with Gasteiger partial charge in [0.25, 0.3) is 0 Å². The van der Waals surface area contributed by atoms with E-state index in [9.17, 15) is 9.90 Å². The van der Waals surface area contributed by atoms with Crippen molar-refractivity contribution in [3.8, 4) is 0 Å². The van der Waals surface area contributed by atoms with Gasteiger partial charge < -0.3 is 10.4 Å². The highest BCUT2D eigenvalue weighted by Gasteiger charge is 2.12. The summed E-state index contributed by atoms with van der Waals surface area (Å²) < 4.78 is 1.38. The number of carbonyl (C=O) groups is 1. The topological polar surface area (TPSA) is 80.0 Å². The molecule has 1 heterocycles. The van der Waals surface area contributed by atoms with Gasteiger partial charge in [-0.2, -0.15) is 0 Å². The summed E-state index contributed by atoms with van der Waals surface area (Å²) in [6, 6.07) is 5.40. The van der Waals surface area contributed by atoms with Crippen molar-refractivity contribution in [1.82, 2.24) is 15.0 Å². The Labute approximate surface area is 127 Å². The van der Waals surface area contributed by atoms with Crippen LogP contribution in [0.25, 0.3) is 0 Å². The van der Waals surface area contributed by atoms with Gasteiger partial charge in [0.2, 0.25) is 5.91 Å². The van der Waals surface area contributed by atoms with Crippen LogP contribution in [0.4, 0.5) is 5.69 Å². The smallest absolute Gasteiger partial charge is 0.246 e. The number of nitrogens with zero attached hydrogens (tertiary/aromatic N) is 3. The molecule has 1 aromatic carbocycles. The Morgan fingerprint density at radius 3 is 2.95 bits per heavy atom. The number of benzene rings is 1. The van der Waals surface area contributed by atoms with Gasteiger partial charge in [0, 0.05) is 0 Å². The molecular weight excluding hydrogens is 292 g/mol. The van der Waals surface area contributed by atoms with Crippen molar-refractivity contribution in [3.05, 3.63) is 40.7 Å². The lowest BCUT2D eigenvalue weighted by molar-refractivity contribution is -0.116. The van der Waals surface area contributed by atoms with Crippen LogP contribution in [0, 0.1) is 6.92 Å². The zero-order chi connectivity index (χ0) is 15.4. The van der Waals surface area contributed by atoms with E-state index in [2.05, 4.69) is 15.6 Å². The summed E-state index contributed by atoms with van der Waals surface area (Å²) >= 11 is 6.06. The fourth-order valence-corrected chi connectivity index (χ4v) is 2.09. The number of nitrogens with one attached hydrogen (secondary N) is 1. The number of aliphatic hydroxyl groups excluding tert-OH is 1. The maximum absolute atomic E-state index is 11.9. The molecule has 112 valence electrons. The number of anilines is 1. The standard InChI is InChI=1S/C14H17ClN4O2/c1-3-13(20)12-7-19(18-17-12)8-14(21)16-11-5-4-9(2)6-10(11)15/h4-7,13,20H,3,8H2,1-2H3,(H,16,21). The molecule has 0 aliphatic heterocycles. The van der Waals surface area contributed by atoms with E-state index in [1.807, 2.05) is 19.9 Å². The van der Waals surface area contributed by atoms with Gasteiger partial charge in [-0.05, 0) is 31.0 Å². The highest BCUT2D eigenvalue weighted by Crippen LogP contribution is 2.22. The largest absolute Gasteiger partial charge is 0.387 e. The fourth-order valence-electron chi connectivity index (χ4n) is 1.81. The van der Waals surface area contributed by atoms with Crippen molar-refractivity contribution >= 4 is 23.2 Å². The van der Waals surface area contributed by atoms with Gasteiger partial charge >= 0.3 is 0 Å². The molecule has 0 bridgehead atoms. The number of amides is 1. The molecule has 0 fully saturated rings. The Kier molecular flexibility index (Phi) is 4.93. The van der Waals surface area contributed by atoms with E-state index in [0.29, 0.717) is 22.8 Å². The Morgan fingerprint density at radius 2 is 2.29 bits per heavy atom. The van der Waals surface area contributed by atoms with Crippen molar-refractivity contribution < 1.29 is 9.90 Å². The maximum atomic E-state index is 11.9. The van der Waals surface area contributed by atoms with E-state index < -0.39 is 6.10 Å². The average Bonchev–Trinajstić information content (AvgIpc) is 2.89. The van der Waals surface area contributed by atoms with Crippen molar-refractivity contribution in [2.24, 2.45) is 0 Å². The molecule has 6 nitrogen and oxygen atoms in total. The Hall–Kier alpha value is -1.92. The highest BCUT2D eigenvalue weighted by atomic mass is 35.5. The van der Waals surface area contributed by atoms with Gasteiger partial charge in [0.05, 0.1) is 23.0 Å². The van der Waals surface area contributed by atoms with Crippen molar-refractivity contribution in [3.63, 3.8) is 0 Å². The number of carbonyl (C=O) groups excluding carboxylic acids is 1. The van der Waals surface area contributed by atoms with Gasteiger partial charge in [0.15, 0.2) is 0 Å². The van der Waals surface area contributed by atoms with E-state index in [1.54, 1.807) is 18.3 Å². The minimum absolute atomic E-state index is 0.00758. The molecule has 1 amide bonds. The SMILES string of the molecule is CCC(O)c1cn(CC(=O)Nc2ccc(C)cc2Cl)nn1. The van der Waals surface area contributed by atoms with E-state index in [0.717, 1.165) is 5.56 Å². The van der Waals surface area contributed by atoms with Gasteiger partial charge in [0.1, 0.15) is 12.2 Å². The molecule has 2 aromatic rings. The number of rotatable bonds is 5. The summed E-state index contributed by atoms with van der Waals surface area (Å²) in [5.74, 6) is -0.261. The Balaban J connectivity index is 2.00. The number of hydrogen-bond donors (Lipinski definition) is 2. The fraction of sp³-hybridized carbons (Fsp3) is 0.357. The average molecular weight is 309 g/mol. The second kappa shape index (κ2) is 6.69. The summed E-state index contributed by atoms with van der Waals surface area (Å²) in [4.78, 5) is 11.9. The quantitative estimate of drug-likeness (QED) is 0.888. The monoisotopic (exact) mass is 308 g/mol. The number of aryl methyl sites for hydroxylation is 1. The van der Waals surface area contributed by atoms with Crippen molar-refractivity contribution in [1.29, 1.82) is 0 Å². The summed E-state index contributed by atoms with van der Waals surface area (Å²) in [5.41, 5.74) is 2.03. The second-order valence-electron chi connectivity index (χ2n) is 4.80. The van der Waals surface area contributed by atoms with Gasteiger partial charge in [-0.3, -0.25) is 4.79 Å². The molecule has 0 spiro atoms. The number of aromatic nitrogens is 3. The third-order valence-corrected chi connectivity index (χ3v) is 3.30. The molecular formula is C14H17ClN4O2. The Bertz CT molecular complexity index is 642. The van der Waals surface area contributed by atoms with Gasteiger partial charge in [-0.15, -0.1) is 5.10 Å². The molecule has 21 heavy (non-hydrogen) atoms. The number of aliphatic hydroxyl groups is 1. The summed E-state index contributed by atoms with van der Waals surface area (Å²) in [6.07, 6.45) is 1.45. The lowest BCUT2D eigenvalue weighted by Gasteiger charge is -2.07. The lowest BCUT2D eigenvalue weighted by atomic mass is 10.2. The molecule has 0 saturated carbocycles. The zero-order valence-electron chi connectivity index (χ0n) is 11.9.